The van der Waals surface area contributed by atoms with Gasteiger partial charge in [0, 0.05) is 11.4 Å². The van der Waals surface area contributed by atoms with E-state index in [2.05, 4.69) is 5.32 Å². The van der Waals surface area contributed by atoms with Crippen molar-refractivity contribution in [2.75, 3.05) is 0 Å². The Morgan fingerprint density at radius 2 is 2.05 bits per heavy atom. The van der Waals surface area contributed by atoms with Crippen LogP contribution in [0, 0.1) is 5.92 Å². The zero-order valence-electron chi connectivity index (χ0n) is 11.8. The summed E-state index contributed by atoms with van der Waals surface area (Å²) in [6.45, 7) is 0. The molecule has 1 atom stereocenters. The smallest absolute Gasteiger partial charge is 0.326 e. The number of benzene rings is 1. The van der Waals surface area contributed by atoms with Crippen molar-refractivity contribution in [3.8, 4) is 0 Å². The van der Waals surface area contributed by atoms with Gasteiger partial charge in [-0.15, -0.1) is 0 Å². The zero-order chi connectivity index (χ0) is 15.2. The number of hydrogen-bond acceptors (Lipinski definition) is 2. The Kier molecular flexibility index (Phi) is 5.62. The monoisotopic (exact) mass is 309 g/mol. The van der Waals surface area contributed by atoms with Crippen molar-refractivity contribution in [1.82, 2.24) is 5.32 Å². The summed E-state index contributed by atoms with van der Waals surface area (Å²) in [5, 5.41) is 12.4. The molecule has 0 aliphatic heterocycles. The van der Waals surface area contributed by atoms with Crippen LogP contribution < -0.4 is 5.32 Å². The van der Waals surface area contributed by atoms with Crippen LogP contribution in [0.5, 0.6) is 0 Å². The summed E-state index contributed by atoms with van der Waals surface area (Å²) < 4.78 is 0. The lowest BCUT2D eigenvalue weighted by Crippen LogP contribution is -2.41. The van der Waals surface area contributed by atoms with E-state index in [1.165, 1.54) is 0 Å². The number of carbonyl (C=O) groups is 2. The lowest BCUT2D eigenvalue weighted by Gasteiger charge is -2.14. The van der Waals surface area contributed by atoms with E-state index in [0.717, 1.165) is 18.4 Å². The maximum Gasteiger partial charge on any atom is 0.326 e. The van der Waals surface area contributed by atoms with Gasteiger partial charge in [0.2, 0.25) is 5.91 Å². The number of aryl methyl sites for hydroxylation is 1. The van der Waals surface area contributed by atoms with Crippen LogP contribution in [0.3, 0.4) is 0 Å². The van der Waals surface area contributed by atoms with Gasteiger partial charge < -0.3 is 10.4 Å². The predicted octanol–water partition coefficient (Wildman–Crippen LogP) is 3.03. The average Bonchev–Trinajstić information content (AvgIpc) is 3.24. The average molecular weight is 310 g/mol. The van der Waals surface area contributed by atoms with Gasteiger partial charge in [-0.1, -0.05) is 42.6 Å². The van der Waals surface area contributed by atoms with Gasteiger partial charge in [-0.2, -0.15) is 0 Å². The van der Waals surface area contributed by atoms with E-state index in [-0.39, 0.29) is 5.91 Å². The summed E-state index contributed by atoms with van der Waals surface area (Å²) in [7, 11) is 0. The van der Waals surface area contributed by atoms with Gasteiger partial charge in [0.05, 0.1) is 0 Å². The molecular weight excluding hydrogens is 290 g/mol. The fourth-order valence-electron chi connectivity index (χ4n) is 2.32. The summed E-state index contributed by atoms with van der Waals surface area (Å²) in [6, 6.07) is 6.80. The lowest BCUT2D eigenvalue weighted by molar-refractivity contribution is -0.142. The Labute approximate surface area is 129 Å². The van der Waals surface area contributed by atoms with Crippen molar-refractivity contribution < 1.29 is 14.7 Å². The third-order valence-corrected chi connectivity index (χ3v) is 4.08. The topological polar surface area (TPSA) is 66.4 Å². The molecule has 1 saturated carbocycles. The van der Waals surface area contributed by atoms with Gasteiger partial charge in [-0.25, -0.2) is 4.79 Å². The first-order chi connectivity index (χ1) is 10.1. The highest BCUT2D eigenvalue weighted by Gasteiger charge is 2.29. The minimum absolute atomic E-state index is 0.199. The molecular formula is C16H20ClNO3. The fraction of sp³-hybridized carbons (Fsp3) is 0.500. The maximum atomic E-state index is 11.8. The van der Waals surface area contributed by atoms with E-state index < -0.39 is 12.0 Å². The highest BCUT2D eigenvalue weighted by atomic mass is 35.5. The normalized spacial score (nSPS) is 15.5. The minimum atomic E-state index is -0.943. The van der Waals surface area contributed by atoms with E-state index in [1.807, 2.05) is 24.3 Å². The second-order valence-electron chi connectivity index (χ2n) is 5.58. The first-order valence-electron chi connectivity index (χ1n) is 7.32. The number of rotatable bonds is 8. The molecule has 1 aliphatic carbocycles. The largest absolute Gasteiger partial charge is 0.480 e. The quantitative estimate of drug-likeness (QED) is 0.775. The molecule has 1 aromatic rings. The first kappa shape index (κ1) is 15.8. The molecule has 0 radical (unpaired) electrons. The number of carboxylic acid groups (broad SMARTS) is 1. The van der Waals surface area contributed by atoms with Crippen LogP contribution >= 0.6 is 11.6 Å². The van der Waals surface area contributed by atoms with Crippen LogP contribution in [0.2, 0.25) is 5.02 Å². The number of nitrogens with one attached hydrogen (secondary N) is 1. The van der Waals surface area contributed by atoms with Crippen molar-refractivity contribution in [3.63, 3.8) is 0 Å². The Morgan fingerprint density at radius 1 is 1.33 bits per heavy atom. The Bertz CT molecular complexity index is 514. The molecule has 4 nitrogen and oxygen atoms in total. The summed E-state index contributed by atoms with van der Waals surface area (Å²) >= 11 is 6.05. The predicted molar refractivity (Wildman–Crippen MR) is 81.3 cm³/mol. The summed E-state index contributed by atoms with van der Waals surface area (Å²) in [5.74, 6) is -0.675. The van der Waals surface area contributed by atoms with Gasteiger partial charge in [0.15, 0.2) is 0 Å². The molecule has 0 unspecified atom stereocenters. The SMILES string of the molecule is O=C(CCCc1ccccc1Cl)N[C@H](CC1CC1)C(=O)O. The van der Waals surface area contributed by atoms with E-state index in [4.69, 9.17) is 16.7 Å². The molecule has 0 heterocycles. The van der Waals surface area contributed by atoms with Gasteiger partial charge >= 0.3 is 5.97 Å². The zero-order valence-corrected chi connectivity index (χ0v) is 12.6. The molecule has 0 bridgehead atoms. The molecule has 21 heavy (non-hydrogen) atoms. The molecule has 1 aliphatic rings. The Morgan fingerprint density at radius 3 is 2.67 bits per heavy atom. The van der Waals surface area contributed by atoms with Crippen LogP contribution in [0.1, 0.15) is 37.7 Å². The molecule has 0 saturated heterocycles. The van der Waals surface area contributed by atoms with E-state index in [0.29, 0.717) is 36.6 Å². The third kappa shape index (κ3) is 5.38. The molecule has 0 spiro atoms. The van der Waals surface area contributed by atoms with Crippen LogP contribution in [0.4, 0.5) is 0 Å². The molecule has 1 amide bonds. The van der Waals surface area contributed by atoms with Crippen LogP contribution in [-0.4, -0.2) is 23.0 Å². The summed E-state index contributed by atoms with van der Waals surface area (Å²) in [6.07, 6.45) is 4.39. The molecule has 1 fully saturated rings. The summed E-state index contributed by atoms with van der Waals surface area (Å²) in [5.41, 5.74) is 1.01. The molecule has 114 valence electrons. The van der Waals surface area contributed by atoms with Crippen molar-refractivity contribution in [3.05, 3.63) is 34.9 Å². The van der Waals surface area contributed by atoms with Crippen molar-refractivity contribution in [2.45, 2.75) is 44.6 Å². The van der Waals surface area contributed by atoms with Gasteiger partial charge in [0.25, 0.3) is 0 Å². The Hall–Kier alpha value is -1.55. The number of hydrogen-bond donors (Lipinski definition) is 2. The third-order valence-electron chi connectivity index (χ3n) is 3.71. The molecule has 0 aromatic heterocycles. The molecule has 5 heteroatoms. The van der Waals surface area contributed by atoms with Crippen LogP contribution in [-0.2, 0) is 16.0 Å². The van der Waals surface area contributed by atoms with Crippen LogP contribution in [0.25, 0.3) is 0 Å². The number of aliphatic carboxylic acids is 1. The number of carboxylic acids is 1. The molecule has 2 N–H and O–H groups in total. The standard InChI is InChI=1S/C16H20ClNO3/c17-13-6-2-1-4-12(13)5-3-7-15(19)18-14(16(20)21)10-11-8-9-11/h1-2,4,6,11,14H,3,5,7-10H2,(H,18,19)(H,20,21)/t14-/m1/s1. The van der Waals surface area contributed by atoms with E-state index in [1.54, 1.807) is 0 Å². The highest BCUT2D eigenvalue weighted by Crippen LogP contribution is 2.33. The van der Waals surface area contributed by atoms with E-state index in [9.17, 15) is 9.59 Å². The van der Waals surface area contributed by atoms with Gasteiger partial charge in [0.1, 0.15) is 6.04 Å². The van der Waals surface area contributed by atoms with Gasteiger partial charge in [-0.3, -0.25) is 4.79 Å². The highest BCUT2D eigenvalue weighted by molar-refractivity contribution is 6.31. The number of amides is 1. The lowest BCUT2D eigenvalue weighted by atomic mass is 10.1. The number of halogens is 1. The molecule has 2 rings (SSSR count). The van der Waals surface area contributed by atoms with Crippen molar-refractivity contribution in [1.29, 1.82) is 0 Å². The second-order valence-corrected chi connectivity index (χ2v) is 5.99. The number of carbonyl (C=O) groups excluding carboxylic acids is 1. The summed E-state index contributed by atoms with van der Waals surface area (Å²) in [4.78, 5) is 22.9. The minimum Gasteiger partial charge on any atom is -0.480 e. The van der Waals surface area contributed by atoms with Crippen molar-refractivity contribution >= 4 is 23.5 Å². The first-order valence-corrected chi connectivity index (χ1v) is 7.69. The van der Waals surface area contributed by atoms with Gasteiger partial charge in [-0.05, 0) is 36.8 Å². The fourth-order valence-corrected chi connectivity index (χ4v) is 2.55. The maximum absolute atomic E-state index is 11.8. The van der Waals surface area contributed by atoms with E-state index >= 15 is 0 Å². The van der Waals surface area contributed by atoms with Crippen LogP contribution in [0.15, 0.2) is 24.3 Å². The second kappa shape index (κ2) is 7.46. The Balaban J connectivity index is 1.73. The molecule has 1 aromatic carbocycles. The van der Waals surface area contributed by atoms with Crippen molar-refractivity contribution in [2.24, 2.45) is 5.92 Å².